The lowest BCUT2D eigenvalue weighted by atomic mass is 10.1. The van der Waals surface area contributed by atoms with Crippen LogP contribution < -0.4 is 10.1 Å². The van der Waals surface area contributed by atoms with E-state index in [1.807, 2.05) is 30.3 Å². The third-order valence-corrected chi connectivity index (χ3v) is 4.68. The molecule has 1 unspecified atom stereocenters. The van der Waals surface area contributed by atoms with Crippen LogP contribution in [0.15, 0.2) is 54.6 Å². The number of carboxylic acid groups (broad SMARTS) is 1. The summed E-state index contributed by atoms with van der Waals surface area (Å²) < 4.78 is 11.1. The molecule has 1 heterocycles. The van der Waals surface area contributed by atoms with Crippen LogP contribution in [0.3, 0.4) is 0 Å². The van der Waals surface area contributed by atoms with Crippen LogP contribution in [0.2, 0.25) is 0 Å². The average molecular weight is 426 g/mol. The summed E-state index contributed by atoms with van der Waals surface area (Å²) in [7, 11) is 0. The second-order valence-electron chi connectivity index (χ2n) is 8.35. The van der Waals surface area contributed by atoms with Gasteiger partial charge in [0.05, 0.1) is 5.92 Å². The number of benzene rings is 2. The van der Waals surface area contributed by atoms with Crippen molar-refractivity contribution in [1.82, 2.24) is 4.90 Å². The van der Waals surface area contributed by atoms with E-state index in [2.05, 4.69) is 5.32 Å². The number of nitrogens with zero attached hydrogens (tertiary/aromatic N) is 1. The van der Waals surface area contributed by atoms with E-state index in [0.29, 0.717) is 17.2 Å². The molecule has 0 bridgehead atoms. The van der Waals surface area contributed by atoms with E-state index in [0.717, 1.165) is 0 Å². The van der Waals surface area contributed by atoms with Crippen molar-refractivity contribution < 1.29 is 29.0 Å². The normalized spacial score (nSPS) is 18.4. The molecule has 2 aromatic rings. The van der Waals surface area contributed by atoms with Crippen molar-refractivity contribution in [2.75, 3.05) is 11.9 Å². The molecule has 1 saturated heterocycles. The van der Waals surface area contributed by atoms with E-state index in [-0.39, 0.29) is 13.0 Å². The standard InChI is InChI=1S/C23H26N2O6/c1-23(2,3)31-22(29)25-14-15(21(27)28)13-19(25)20(26)24-16-9-11-18(12-10-16)30-17-7-5-4-6-8-17/h4-12,15,19H,13-14H2,1-3H3,(H,24,26)(H,27,28)/t15?,19-/m0/s1. The zero-order valence-corrected chi connectivity index (χ0v) is 17.7. The van der Waals surface area contributed by atoms with E-state index in [1.54, 1.807) is 45.0 Å². The van der Waals surface area contributed by atoms with Crippen molar-refractivity contribution in [2.24, 2.45) is 5.92 Å². The zero-order chi connectivity index (χ0) is 22.6. The maximum absolute atomic E-state index is 12.9. The number of carbonyl (C=O) groups is 3. The van der Waals surface area contributed by atoms with E-state index in [4.69, 9.17) is 9.47 Å². The number of anilines is 1. The minimum absolute atomic E-state index is 0.0234. The minimum atomic E-state index is -1.05. The summed E-state index contributed by atoms with van der Waals surface area (Å²) in [5.41, 5.74) is -0.248. The van der Waals surface area contributed by atoms with Crippen LogP contribution in [0.4, 0.5) is 10.5 Å². The van der Waals surface area contributed by atoms with Gasteiger partial charge in [-0.25, -0.2) is 4.79 Å². The quantitative estimate of drug-likeness (QED) is 0.745. The van der Waals surface area contributed by atoms with Gasteiger partial charge >= 0.3 is 12.1 Å². The van der Waals surface area contributed by atoms with Crippen LogP contribution in [-0.2, 0) is 14.3 Å². The Balaban J connectivity index is 1.68. The molecule has 31 heavy (non-hydrogen) atoms. The monoisotopic (exact) mass is 426 g/mol. The number of amides is 2. The molecule has 8 heteroatoms. The van der Waals surface area contributed by atoms with E-state index in [9.17, 15) is 19.5 Å². The van der Waals surface area contributed by atoms with Gasteiger partial charge in [0.2, 0.25) is 5.91 Å². The molecule has 0 aromatic heterocycles. The predicted octanol–water partition coefficient (Wildman–Crippen LogP) is 4.13. The van der Waals surface area contributed by atoms with Gasteiger partial charge in [0.1, 0.15) is 23.1 Å². The molecule has 1 fully saturated rings. The molecule has 2 amide bonds. The third-order valence-electron chi connectivity index (χ3n) is 4.68. The summed E-state index contributed by atoms with van der Waals surface area (Å²) in [6.07, 6.45) is -0.682. The van der Waals surface area contributed by atoms with Crippen molar-refractivity contribution in [3.05, 3.63) is 54.6 Å². The Kier molecular flexibility index (Phi) is 6.48. The van der Waals surface area contributed by atoms with Gasteiger partial charge < -0.3 is 19.9 Å². The molecular weight excluding hydrogens is 400 g/mol. The molecule has 2 N–H and O–H groups in total. The molecule has 8 nitrogen and oxygen atoms in total. The van der Waals surface area contributed by atoms with Crippen molar-refractivity contribution in [3.63, 3.8) is 0 Å². The number of hydrogen-bond acceptors (Lipinski definition) is 5. The van der Waals surface area contributed by atoms with Crippen molar-refractivity contribution >= 4 is 23.7 Å². The molecule has 0 spiro atoms. The van der Waals surface area contributed by atoms with Crippen LogP contribution in [0, 0.1) is 5.92 Å². The van der Waals surface area contributed by atoms with Crippen molar-refractivity contribution in [2.45, 2.75) is 38.8 Å². The first-order valence-electron chi connectivity index (χ1n) is 9.98. The second kappa shape index (κ2) is 9.07. The predicted molar refractivity (Wildman–Crippen MR) is 114 cm³/mol. The van der Waals surface area contributed by atoms with Gasteiger partial charge in [-0.1, -0.05) is 18.2 Å². The Morgan fingerprint density at radius 2 is 1.61 bits per heavy atom. The van der Waals surface area contributed by atoms with E-state index < -0.39 is 35.5 Å². The van der Waals surface area contributed by atoms with Gasteiger partial charge in [0.15, 0.2) is 0 Å². The van der Waals surface area contributed by atoms with Gasteiger partial charge in [0.25, 0.3) is 0 Å². The molecule has 164 valence electrons. The van der Waals surface area contributed by atoms with Crippen LogP contribution in [0.25, 0.3) is 0 Å². The molecule has 1 aliphatic heterocycles. The topological polar surface area (TPSA) is 105 Å². The largest absolute Gasteiger partial charge is 0.481 e. The molecule has 2 aromatic carbocycles. The summed E-state index contributed by atoms with van der Waals surface area (Å²) in [5, 5.41) is 12.1. The highest BCUT2D eigenvalue weighted by molar-refractivity contribution is 5.97. The Morgan fingerprint density at radius 1 is 1.00 bits per heavy atom. The summed E-state index contributed by atoms with van der Waals surface area (Å²) in [4.78, 5) is 38.0. The number of ether oxygens (including phenoxy) is 2. The third kappa shape index (κ3) is 5.97. The van der Waals surface area contributed by atoms with Gasteiger partial charge in [-0.15, -0.1) is 0 Å². The van der Waals surface area contributed by atoms with Gasteiger partial charge in [-0.2, -0.15) is 0 Å². The molecular formula is C23H26N2O6. The lowest BCUT2D eigenvalue weighted by Crippen LogP contribution is -2.45. The van der Waals surface area contributed by atoms with Gasteiger partial charge in [0, 0.05) is 12.2 Å². The fraction of sp³-hybridized carbons (Fsp3) is 0.348. The maximum atomic E-state index is 12.9. The summed E-state index contributed by atoms with van der Waals surface area (Å²) >= 11 is 0. The highest BCUT2D eigenvalue weighted by atomic mass is 16.6. The summed E-state index contributed by atoms with van der Waals surface area (Å²) in [6.45, 7) is 5.06. The molecule has 1 aliphatic rings. The van der Waals surface area contributed by atoms with Crippen LogP contribution >= 0.6 is 0 Å². The summed E-state index contributed by atoms with van der Waals surface area (Å²) in [6, 6.07) is 15.1. The first-order valence-corrected chi connectivity index (χ1v) is 9.98. The van der Waals surface area contributed by atoms with Crippen molar-refractivity contribution in [3.8, 4) is 11.5 Å². The number of nitrogens with one attached hydrogen (secondary N) is 1. The summed E-state index contributed by atoms with van der Waals surface area (Å²) in [5.74, 6) is -1.05. The fourth-order valence-electron chi connectivity index (χ4n) is 3.24. The smallest absolute Gasteiger partial charge is 0.410 e. The van der Waals surface area contributed by atoms with E-state index in [1.165, 1.54) is 4.90 Å². The first kappa shape index (κ1) is 22.1. The number of aliphatic carboxylic acids is 1. The molecule has 0 aliphatic carbocycles. The maximum Gasteiger partial charge on any atom is 0.410 e. The van der Waals surface area contributed by atoms with Gasteiger partial charge in [-0.3, -0.25) is 14.5 Å². The number of rotatable bonds is 5. The highest BCUT2D eigenvalue weighted by Crippen LogP contribution is 2.28. The second-order valence-corrected chi connectivity index (χ2v) is 8.35. The Labute approximate surface area is 180 Å². The molecule has 0 saturated carbocycles. The fourth-order valence-corrected chi connectivity index (χ4v) is 3.24. The van der Waals surface area contributed by atoms with Crippen LogP contribution in [0.5, 0.6) is 11.5 Å². The molecule has 0 radical (unpaired) electrons. The van der Waals surface area contributed by atoms with Crippen LogP contribution in [-0.4, -0.2) is 46.2 Å². The van der Waals surface area contributed by atoms with E-state index >= 15 is 0 Å². The number of carbonyl (C=O) groups excluding carboxylic acids is 2. The van der Waals surface area contributed by atoms with Crippen LogP contribution in [0.1, 0.15) is 27.2 Å². The van der Waals surface area contributed by atoms with Gasteiger partial charge in [-0.05, 0) is 63.6 Å². The lowest BCUT2D eigenvalue weighted by Gasteiger charge is -2.28. The Hall–Kier alpha value is -3.55. The van der Waals surface area contributed by atoms with Crippen molar-refractivity contribution in [1.29, 1.82) is 0 Å². The minimum Gasteiger partial charge on any atom is -0.481 e. The first-order chi connectivity index (χ1) is 14.6. The Bertz CT molecular complexity index is 937. The highest BCUT2D eigenvalue weighted by Gasteiger charge is 2.44. The number of likely N-dealkylation sites (tertiary alicyclic amines) is 1. The average Bonchev–Trinajstić information content (AvgIpc) is 3.15. The zero-order valence-electron chi connectivity index (χ0n) is 17.7. The number of carboxylic acids is 1. The Morgan fingerprint density at radius 3 is 2.19 bits per heavy atom. The SMILES string of the molecule is CC(C)(C)OC(=O)N1CC(C(=O)O)C[C@H]1C(=O)Nc1ccc(Oc2ccccc2)cc1. The number of para-hydroxylation sites is 1. The lowest BCUT2D eigenvalue weighted by molar-refractivity contribution is -0.141. The molecule has 3 rings (SSSR count). The molecule has 2 atom stereocenters. The number of hydrogen-bond donors (Lipinski definition) is 2.